The van der Waals surface area contributed by atoms with E-state index in [0.717, 1.165) is 0 Å². The van der Waals surface area contributed by atoms with E-state index < -0.39 is 5.82 Å². The molecule has 1 aromatic heterocycles. The molecule has 1 amide bonds. The Morgan fingerprint density at radius 1 is 1.12 bits per heavy atom. The Bertz CT molecular complexity index is 865. The van der Waals surface area contributed by atoms with Gasteiger partial charge in [0.1, 0.15) is 24.7 Å². The van der Waals surface area contributed by atoms with Gasteiger partial charge in [0.25, 0.3) is 0 Å². The van der Waals surface area contributed by atoms with Gasteiger partial charge in [0.05, 0.1) is 6.20 Å². The van der Waals surface area contributed by atoms with Gasteiger partial charge < -0.3 is 10.1 Å². The average Bonchev–Trinajstić information content (AvgIpc) is 3.03. The van der Waals surface area contributed by atoms with Crippen LogP contribution in [-0.2, 0) is 17.9 Å². The second kappa shape index (κ2) is 7.52. The summed E-state index contributed by atoms with van der Waals surface area (Å²) in [7, 11) is 0. The fourth-order valence-electron chi connectivity index (χ4n) is 2.08. The number of nitrogens with one attached hydrogen (secondary N) is 1. The van der Waals surface area contributed by atoms with Gasteiger partial charge in [0.15, 0.2) is 11.6 Å². The Kier molecular flexibility index (Phi) is 4.98. The number of carbonyl (C=O) groups is 1. The number of aromatic nitrogens is 3. The van der Waals surface area contributed by atoms with Crippen LogP contribution in [0.3, 0.4) is 0 Å². The number of carbonyl (C=O) groups excluding carboxylic acids is 1. The van der Waals surface area contributed by atoms with Gasteiger partial charge in [0.2, 0.25) is 5.91 Å². The number of benzene rings is 2. The molecule has 1 N–H and O–H groups in total. The molecule has 0 radical (unpaired) electrons. The van der Waals surface area contributed by atoms with Gasteiger partial charge in [-0.3, -0.25) is 4.79 Å². The number of hydrogen-bond acceptors (Lipinski definition) is 4. The topological polar surface area (TPSA) is 69.0 Å². The molecule has 6 nitrogen and oxygen atoms in total. The smallest absolute Gasteiger partial charge is 0.246 e. The van der Waals surface area contributed by atoms with Crippen molar-refractivity contribution in [1.82, 2.24) is 15.0 Å². The van der Waals surface area contributed by atoms with Crippen molar-refractivity contribution in [3.05, 3.63) is 72.1 Å². The zero-order chi connectivity index (χ0) is 17.6. The molecular formula is C17H14F2N4O2. The number of anilines is 1. The van der Waals surface area contributed by atoms with Crippen molar-refractivity contribution in [1.29, 1.82) is 0 Å². The predicted octanol–water partition coefficient (Wildman–Crippen LogP) is 2.77. The van der Waals surface area contributed by atoms with Crippen LogP contribution in [0.15, 0.2) is 54.7 Å². The molecule has 25 heavy (non-hydrogen) atoms. The van der Waals surface area contributed by atoms with E-state index in [1.807, 2.05) is 0 Å². The highest BCUT2D eigenvalue weighted by Gasteiger charge is 2.08. The molecule has 0 unspecified atom stereocenters. The van der Waals surface area contributed by atoms with Crippen LogP contribution in [0.4, 0.5) is 14.5 Å². The molecule has 128 valence electrons. The molecule has 3 rings (SSSR count). The minimum Gasteiger partial charge on any atom is -0.484 e. The molecular weight excluding hydrogens is 330 g/mol. The van der Waals surface area contributed by atoms with Gasteiger partial charge in [-0.15, -0.1) is 5.10 Å². The van der Waals surface area contributed by atoms with Gasteiger partial charge in [-0.2, -0.15) is 0 Å². The van der Waals surface area contributed by atoms with E-state index in [0.29, 0.717) is 11.4 Å². The molecule has 1 heterocycles. The lowest BCUT2D eigenvalue weighted by atomic mass is 10.3. The maximum absolute atomic E-state index is 13.5. The average molecular weight is 344 g/mol. The fraction of sp³-hybridized carbons (Fsp3) is 0.118. The molecule has 0 saturated heterocycles. The van der Waals surface area contributed by atoms with Crippen LogP contribution >= 0.6 is 0 Å². The lowest BCUT2D eigenvalue weighted by Crippen LogP contribution is -2.19. The number of rotatable bonds is 6. The normalized spacial score (nSPS) is 10.5. The van der Waals surface area contributed by atoms with E-state index in [4.69, 9.17) is 4.74 Å². The second-order valence-corrected chi connectivity index (χ2v) is 5.18. The summed E-state index contributed by atoms with van der Waals surface area (Å²) < 4.78 is 32.9. The highest BCUT2D eigenvalue weighted by atomic mass is 19.1. The van der Waals surface area contributed by atoms with E-state index in [9.17, 15) is 13.6 Å². The first kappa shape index (κ1) is 16.6. The van der Waals surface area contributed by atoms with Crippen LogP contribution in [0.25, 0.3) is 0 Å². The third-order valence-electron chi connectivity index (χ3n) is 3.23. The van der Waals surface area contributed by atoms with Gasteiger partial charge >= 0.3 is 0 Å². The summed E-state index contributed by atoms with van der Waals surface area (Å²) in [6.45, 7) is -0.0371. The molecule has 3 aromatic rings. The van der Waals surface area contributed by atoms with E-state index in [1.165, 1.54) is 47.3 Å². The minimum atomic E-state index is -0.464. The Hall–Kier alpha value is -3.29. The summed E-state index contributed by atoms with van der Waals surface area (Å²) in [5.74, 6) is -1.06. The number of hydrogen-bond donors (Lipinski definition) is 1. The zero-order valence-electron chi connectivity index (χ0n) is 13.0. The molecule has 0 aliphatic heterocycles. The summed E-state index contributed by atoms with van der Waals surface area (Å²) in [5.41, 5.74) is 0.937. The fourth-order valence-corrected chi connectivity index (χ4v) is 2.08. The van der Waals surface area contributed by atoms with Crippen molar-refractivity contribution >= 4 is 11.6 Å². The van der Waals surface area contributed by atoms with Crippen LogP contribution in [0, 0.1) is 11.6 Å². The van der Waals surface area contributed by atoms with Crippen LogP contribution in [0.1, 0.15) is 5.69 Å². The van der Waals surface area contributed by atoms with Crippen LogP contribution < -0.4 is 10.1 Å². The summed E-state index contributed by atoms with van der Waals surface area (Å²) >= 11 is 0. The SMILES string of the molecule is O=C(Cn1cc(COc2ccccc2F)nn1)Nc1ccc(F)cc1. The monoisotopic (exact) mass is 344 g/mol. The minimum absolute atomic E-state index is 0.0283. The first-order valence-electron chi connectivity index (χ1n) is 7.42. The zero-order valence-corrected chi connectivity index (χ0v) is 13.0. The molecule has 0 bridgehead atoms. The quantitative estimate of drug-likeness (QED) is 0.747. The van der Waals surface area contributed by atoms with Gasteiger partial charge in [0, 0.05) is 5.69 Å². The second-order valence-electron chi connectivity index (χ2n) is 5.18. The van der Waals surface area contributed by atoms with Gasteiger partial charge in [-0.1, -0.05) is 17.3 Å². The highest BCUT2D eigenvalue weighted by molar-refractivity contribution is 5.90. The molecule has 2 aromatic carbocycles. The lowest BCUT2D eigenvalue weighted by Gasteiger charge is -2.05. The molecule has 0 aliphatic rings. The molecule has 0 aliphatic carbocycles. The largest absolute Gasteiger partial charge is 0.484 e. The highest BCUT2D eigenvalue weighted by Crippen LogP contribution is 2.16. The van der Waals surface area contributed by atoms with E-state index >= 15 is 0 Å². The number of halogens is 2. The summed E-state index contributed by atoms with van der Waals surface area (Å²) in [5, 5.41) is 10.3. The summed E-state index contributed by atoms with van der Waals surface area (Å²) in [4.78, 5) is 11.9. The van der Waals surface area contributed by atoms with Crippen molar-refractivity contribution in [2.45, 2.75) is 13.2 Å². The molecule has 0 fully saturated rings. The van der Waals surface area contributed by atoms with E-state index in [-0.39, 0.29) is 30.6 Å². The first-order chi connectivity index (χ1) is 12.1. The van der Waals surface area contributed by atoms with Crippen LogP contribution in [0.5, 0.6) is 5.75 Å². The molecule has 0 spiro atoms. The number of para-hydroxylation sites is 1. The van der Waals surface area contributed by atoms with E-state index in [2.05, 4.69) is 15.6 Å². The predicted molar refractivity (Wildman–Crippen MR) is 85.8 cm³/mol. The maximum atomic E-state index is 13.5. The third kappa shape index (κ3) is 4.60. The van der Waals surface area contributed by atoms with Crippen molar-refractivity contribution in [3.8, 4) is 5.75 Å². The molecule has 8 heteroatoms. The van der Waals surface area contributed by atoms with Gasteiger partial charge in [-0.05, 0) is 36.4 Å². The first-order valence-corrected chi connectivity index (χ1v) is 7.42. The number of amides is 1. The Labute approximate surface area is 142 Å². The Morgan fingerprint density at radius 3 is 2.64 bits per heavy atom. The maximum Gasteiger partial charge on any atom is 0.246 e. The number of nitrogens with zero attached hydrogens (tertiary/aromatic N) is 3. The third-order valence-corrected chi connectivity index (χ3v) is 3.23. The Balaban J connectivity index is 1.53. The van der Waals surface area contributed by atoms with Gasteiger partial charge in [-0.25, -0.2) is 13.5 Å². The van der Waals surface area contributed by atoms with Crippen molar-refractivity contribution in [2.75, 3.05) is 5.32 Å². The van der Waals surface area contributed by atoms with Crippen molar-refractivity contribution in [3.63, 3.8) is 0 Å². The summed E-state index contributed by atoms with van der Waals surface area (Å²) in [6, 6.07) is 11.5. The summed E-state index contributed by atoms with van der Waals surface area (Å²) in [6.07, 6.45) is 1.53. The van der Waals surface area contributed by atoms with Crippen LogP contribution in [0.2, 0.25) is 0 Å². The lowest BCUT2D eigenvalue weighted by molar-refractivity contribution is -0.116. The molecule has 0 saturated carbocycles. The standard InChI is InChI=1S/C17H14F2N4O2/c18-12-5-7-13(8-6-12)20-17(24)10-23-9-14(21-22-23)11-25-16-4-2-1-3-15(16)19/h1-9H,10-11H2,(H,20,24). The Morgan fingerprint density at radius 2 is 1.88 bits per heavy atom. The van der Waals surface area contributed by atoms with Crippen molar-refractivity contribution in [2.24, 2.45) is 0 Å². The van der Waals surface area contributed by atoms with Crippen molar-refractivity contribution < 1.29 is 18.3 Å². The molecule has 0 atom stereocenters. The van der Waals surface area contributed by atoms with E-state index in [1.54, 1.807) is 12.1 Å². The number of ether oxygens (including phenoxy) is 1. The van der Waals surface area contributed by atoms with Crippen LogP contribution in [-0.4, -0.2) is 20.9 Å².